The summed E-state index contributed by atoms with van der Waals surface area (Å²) in [6, 6.07) is -1.51. The van der Waals surface area contributed by atoms with E-state index in [1.54, 1.807) is 26.8 Å². The summed E-state index contributed by atoms with van der Waals surface area (Å²) in [6.07, 6.45) is -6.82. The summed E-state index contributed by atoms with van der Waals surface area (Å²) >= 11 is 1.12. The second-order valence-corrected chi connectivity index (χ2v) is 18.7. The average molecular weight is 891 g/mol. The minimum absolute atomic E-state index is 0.0878. The first-order valence-corrected chi connectivity index (χ1v) is 22.3. The van der Waals surface area contributed by atoms with Gasteiger partial charge in [-0.15, -0.1) is 0 Å². The predicted molar refractivity (Wildman–Crippen MR) is 221 cm³/mol. The van der Waals surface area contributed by atoms with E-state index in [0.29, 0.717) is 12.8 Å². The lowest BCUT2D eigenvalue weighted by Crippen LogP contribution is -2.61. The molecule has 5 N–H and O–H groups in total. The van der Waals surface area contributed by atoms with Crippen molar-refractivity contribution in [3.8, 4) is 0 Å². The van der Waals surface area contributed by atoms with E-state index in [0.717, 1.165) is 11.8 Å². The summed E-state index contributed by atoms with van der Waals surface area (Å²) < 4.78 is 48.2. The van der Waals surface area contributed by atoms with Crippen LogP contribution in [0.15, 0.2) is 12.2 Å². The Labute approximate surface area is 363 Å². The number of hydrogen-bond donors (Lipinski definition) is 5. The number of aliphatic carboxylic acids is 1. The van der Waals surface area contributed by atoms with Crippen LogP contribution in [0.5, 0.6) is 0 Å². The molecule has 350 valence electrons. The number of likely N-dealkylation sites (N-methyl/N-ethyl adjacent to an activating group) is 1. The predicted octanol–water partition coefficient (Wildman–Crippen LogP) is 1.29. The van der Waals surface area contributed by atoms with E-state index in [2.05, 4.69) is 5.32 Å². The number of rotatable bonds is 14. The minimum Gasteiger partial charge on any atom is -0.480 e. The van der Waals surface area contributed by atoms with Crippen molar-refractivity contribution in [1.29, 1.82) is 0 Å². The van der Waals surface area contributed by atoms with Gasteiger partial charge in [0.05, 0.1) is 31.0 Å². The number of Topliss-reactive ketones (excluding diaryl/α,β-unsaturated/α-hetero) is 1. The van der Waals surface area contributed by atoms with E-state index < -0.39 is 121 Å². The third-order valence-corrected chi connectivity index (χ3v) is 13.8. The third kappa shape index (κ3) is 12.9. The number of esters is 1. The van der Waals surface area contributed by atoms with Crippen molar-refractivity contribution >= 4 is 35.4 Å². The van der Waals surface area contributed by atoms with Gasteiger partial charge in [-0.1, -0.05) is 33.8 Å². The van der Waals surface area contributed by atoms with Crippen molar-refractivity contribution in [2.24, 2.45) is 17.8 Å². The number of nitrogens with one attached hydrogen (secondary N) is 1. The lowest BCUT2D eigenvalue weighted by Gasteiger charge is -2.43. The zero-order valence-corrected chi connectivity index (χ0v) is 38.1. The first-order chi connectivity index (χ1) is 28.7. The van der Waals surface area contributed by atoms with Gasteiger partial charge in [-0.05, 0) is 53.1 Å². The van der Waals surface area contributed by atoms with Crippen LogP contribution in [0.2, 0.25) is 0 Å². The number of ether oxygens (including phenoxy) is 8. The van der Waals surface area contributed by atoms with Gasteiger partial charge in [-0.2, -0.15) is 11.8 Å². The first kappa shape index (κ1) is 51.4. The van der Waals surface area contributed by atoms with Gasteiger partial charge in [0.15, 0.2) is 18.2 Å². The highest BCUT2D eigenvalue weighted by Crippen LogP contribution is 2.45. The zero-order chi connectivity index (χ0) is 45.5. The van der Waals surface area contributed by atoms with Crippen LogP contribution < -0.4 is 5.32 Å². The van der Waals surface area contributed by atoms with Gasteiger partial charge in [-0.3, -0.25) is 9.59 Å². The lowest BCUT2D eigenvalue weighted by molar-refractivity contribution is -0.313. The van der Waals surface area contributed by atoms with Crippen LogP contribution in [0.4, 0.5) is 0 Å². The number of carbonyl (C=O) groups is 4. The lowest BCUT2D eigenvalue weighted by atomic mass is 9.83. The number of amides is 1. The molecule has 0 bridgehead atoms. The summed E-state index contributed by atoms with van der Waals surface area (Å²) in [7, 11) is 6.57. The molecule has 0 aliphatic carbocycles. The fraction of sp³-hybridized carbons (Fsp3) is 0.857. The molecule has 4 aliphatic rings. The summed E-state index contributed by atoms with van der Waals surface area (Å²) in [6.45, 7) is 11.6. The SMILES string of the molecule is CC[C@H]1OC(=O)/C=C/[C@H](C)[C@@H](O[C@H]2O[C@@H](C)C[C@@H](N(C)C)[C@@H]2O)[C@H](C)C[C@@H](C)C(=O)C[C@H](SC[C@@H](NC(C)=O)C(=O)O)[C@H]2O[C@@H]2[C@]1(O)CO[C@H]1O[C@@H](C)[C@H](O)[C@@H](OC)[C@@H]1OC. The molecule has 0 spiro atoms. The molecule has 19 heteroatoms. The fourth-order valence-electron chi connectivity index (χ4n) is 8.80. The van der Waals surface area contributed by atoms with Crippen LogP contribution in [-0.2, 0) is 57.1 Å². The maximum Gasteiger partial charge on any atom is 0.330 e. The molecule has 0 aromatic carbocycles. The van der Waals surface area contributed by atoms with E-state index in [1.165, 1.54) is 27.2 Å². The smallest absolute Gasteiger partial charge is 0.330 e. The Kier molecular flexibility index (Phi) is 19.0. The quantitative estimate of drug-likeness (QED) is 0.122. The standard InChI is InChI=1S/C42H70N2O16S/c1-12-30-42(52,19-55-41-37(54-11)36(53-10)32(48)24(6)57-41)38-35(59-38)29(61-18-26(39(50)51)43-25(7)45)17-28(46)21(3)15-22(4)34(20(2)13-14-31(47)58-30)60-40-33(49)27(44(8)9)16-23(5)56-40/h13-14,20-24,26-27,29-30,32-38,40-41,48-49,52H,12,15-19H2,1-11H3,(H,43,45)(H,50,51)/b14-13+/t20-,21+,22+,23-,24-,26+,27+,29-,30+,32-,33-,34+,35+,36+,37-,38-,40+,41-,42-/m0/s1. The number of thioether (sulfide) groups is 1. The van der Waals surface area contributed by atoms with E-state index in [-0.39, 0.29) is 42.4 Å². The van der Waals surface area contributed by atoms with Gasteiger partial charge in [-0.25, -0.2) is 9.59 Å². The van der Waals surface area contributed by atoms with Crippen molar-refractivity contribution in [2.75, 3.05) is 40.7 Å². The van der Waals surface area contributed by atoms with Crippen molar-refractivity contribution < 1.29 is 77.5 Å². The molecule has 4 heterocycles. The maximum atomic E-state index is 14.2. The molecule has 3 fully saturated rings. The number of methoxy groups -OCH3 is 2. The molecule has 0 aromatic rings. The molecular weight excluding hydrogens is 821 g/mol. The van der Waals surface area contributed by atoms with Crippen LogP contribution in [-0.4, -0.2) is 186 Å². The van der Waals surface area contributed by atoms with E-state index >= 15 is 0 Å². The Morgan fingerprint density at radius 1 is 0.984 bits per heavy atom. The highest BCUT2D eigenvalue weighted by atomic mass is 32.2. The number of hydrogen-bond acceptors (Lipinski definition) is 17. The molecule has 1 amide bonds. The zero-order valence-electron chi connectivity index (χ0n) is 37.3. The fourth-order valence-corrected chi connectivity index (χ4v) is 10.1. The number of ketones is 1. The average Bonchev–Trinajstić information content (AvgIpc) is 4.01. The molecule has 18 nitrogen and oxygen atoms in total. The molecule has 4 aliphatic heterocycles. The van der Waals surface area contributed by atoms with Gasteiger partial charge in [0, 0.05) is 62.5 Å². The molecule has 0 saturated carbocycles. The number of carboxylic acid groups (broad SMARTS) is 1. The highest BCUT2D eigenvalue weighted by Gasteiger charge is 2.62. The van der Waals surface area contributed by atoms with Gasteiger partial charge in [0.25, 0.3) is 0 Å². The molecular formula is C42H70N2O16S. The Morgan fingerprint density at radius 2 is 1.66 bits per heavy atom. The van der Waals surface area contributed by atoms with Gasteiger partial charge >= 0.3 is 11.9 Å². The number of cyclic esters (lactones) is 1. The molecule has 0 aromatic heterocycles. The molecule has 61 heavy (non-hydrogen) atoms. The number of nitrogens with zero attached hydrogens (tertiary/aromatic N) is 1. The normalized spacial score (nSPS) is 42.6. The van der Waals surface area contributed by atoms with Crippen LogP contribution >= 0.6 is 11.8 Å². The largest absolute Gasteiger partial charge is 0.480 e. The van der Waals surface area contributed by atoms with Crippen LogP contribution in [0.25, 0.3) is 0 Å². The molecule has 3 saturated heterocycles. The third-order valence-electron chi connectivity index (χ3n) is 12.4. The van der Waals surface area contributed by atoms with E-state index in [4.69, 9.17) is 37.9 Å². The van der Waals surface area contributed by atoms with Crippen LogP contribution in [0.1, 0.15) is 74.1 Å². The van der Waals surface area contributed by atoms with Crippen molar-refractivity contribution in [2.45, 2.75) is 171 Å². The molecule has 0 radical (unpaired) electrons. The van der Waals surface area contributed by atoms with Crippen LogP contribution in [0, 0.1) is 17.8 Å². The monoisotopic (exact) mass is 890 g/mol. The molecule has 0 unspecified atom stereocenters. The Bertz CT molecular complexity index is 1510. The van der Waals surface area contributed by atoms with Crippen molar-refractivity contribution in [3.05, 3.63) is 12.2 Å². The second kappa shape index (κ2) is 22.6. The number of aliphatic hydroxyl groups excluding tert-OH is 2. The summed E-state index contributed by atoms with van der Waals surface area (Å²) in [5.41, 5.74) is -2.05. The number of aliphatic hydroxyl groups is 3. The second-order valence-electron chi connectivity index (χ2n) is 17.4. The Morgan fingerprint density at radius 3 is 2.25 bits per heavy atom. The molecule has 19 atom stereocenters. The minimum atomic E-state index is -2.05. The van der Waals surface area contributed by atoms with Crippen LogP contribution in [0.3, 0.4) is 0 Å². The topological polar surface area (TPSA) is 242 Å². The Balaban J connectivity index is 1.72. The molecule has 4 rings (SSSR count). The summed E-state index contributed by atoms with van der Waals surface area (Å²) in [5.74, 6) is -4.11. The van der Waals surface area contributed by atoms with E-state index in [1.807, 2.05) is 39.8 Å². The highest BCUT2D eigenvalue weighted by molar-refractivity contribution is 8.00. The van der Waals surface area contributed by atoms with Gasteiger partial charge in [0.1, 0.15) is 48.4 Å². The maximum absolute atomic E-state index is 14.2. The number of carbonyl (C=O) groups excluding carboxylic acids is 3. The number of fused-ring (bicyclic) bond motifs is 1. The van der Waals surface area contributed by atoms with Crippen molar-refractivity contribution in [3.63, 3.8) is 0 Å². The Hall–Kier alpha value is -2.27. The number of carboxylic acids is 1. The first-order valence-electron chi connectivity index (χ1n) is 21.2. The summed E-state index contributed by atoms with van der Waals surface area (Å²) in [4.78, 5) is 53.9. The van der Waals surface area contributed by atoms with Gasteiger partial charge in [0.2, 0.25) is 5.91 Å². The van der Waals surface area contributed by atoms with E-state index in [9.17, 15) is 39.6 Å². The summed E-state index contributed by atoms with van der Waals surface area (Å²) in [5, 5.41) is 46.4. The van der Waals surface area contributed by atoms with Crippen molar-refractivity contribution in [1.82, 2.24) is 10.2 Å². The number of epoxide rings is 1. The van der Waals surface area contributed by atoms with Gasteiger partial charge < -0.3 is 68.5 Å².